The number of rotatable bonds is 9. The van der Waals surface area contributed by atoms with Crippen LogP contribution in [0.25, 0.3) is 0 Å². The third kappa shape index (κ3) is 6.35. The number of guanidine groups is 1. The minimum atomic E-state index is -0.776. The van der Waals surface area contributed by atoms with Crippen molar-refractivity contribution in [2.45, 2.75) is 25.9 Å². The number of benzene rings is 1. The summed E-state index contributed by atoms with van der Waals surface area (Å²) in [5.41, 5.74) is 1.25. The smallest absolute Gasteiger partial charge is 0.223 e. The fourth-order valence-corrected chi connectivity index (χ4v) is 3.45. The number of carbonyl (C=O) groups is 1. The summed E-state index contributed by atoms with van der Waals surface area (Å²) >= 11 is 0. The largest absolute Gasteiger partial charge is 0.467 e. The lowest BCUT2D eigenvalue weighted by atomic mass is 10.1. The SMILES string of the molecule is CCNC(=NCC(O)c1ccco1)NCC1CC(=O)N(CCc2ccccc2)C1. The normalized spacial score (nSPS) is 18.1. The number of hydrogen-bond donors (Lipinski definition) is 3. The highest BCUT2D eigenvalue weighted by atomic mass is 16.4. The molecular weight excluding hydrogens is 368 g/mol. The van der Waals surface area contributed by atoms with Crippen LogP contribution in [-0.2, 0) is 11.2 Å². The number of hydrogen-bond acceptors (Lipinski definition) is 4. The van der Waals surface area contributed by atoms with Crippen LogP contribution in [0.1, 0.15) is 30.8 Å². The molecule has 0 bridgehead atoms. The second kappa shape index (κ2) is 10.7. The first-order chi connectivity index (χ1) is 14.2. The number of aliphatic hydroxyl groups is 1. The Labute approximate surface area is 171 Å². The Morgan fingerprint density at radius 1 is 1.28 bits per heavy atom. The number of likely N-dealkylation sites (tertiary alicyclic amines) is 1. The lowest BCUT2D eigenvalue weighted by Gasteiger charge is -2.18. The third-order valence-corrected chi connectivity index (χ3v) is 5.00. The van der Waals surface area contributed by atoms with Crippen LogP contribution in [0, 0.1) is 5.92 Å². The van der Waals surface area contributed by atoms with Crippen LogP contribution < -0.4 is 10.6 Å². The van der Waals surface area contributed by atoms with E-state index in [1.807, 2.05) is 30.0 Å². The van der Waals surface area contributed by atoms with Gasteiger partial charge in [0.1, 0.15) is 11.9 Å². The van der Waals surface area contributed by atoms with Gasteiger partial charge in [-0.15, -0.1) is 0 Å². The molecule has 3 rings (SSSR count). The minimum absolute atomic E-state index is 0.204. The van der Waals surface area contributed by atoms with Gasteiger partial charge in [0.05, 0.1) is 12.8 Å². The predicted octanol–water partition coefficient (Wildman–Crippen LogP) is 1.96. The fraction of sp³-hybridized carbons (Fsp3) is 0.455. The van der Waals surface area contributed by atoms with Gasteiger partial charge >= 0.3 is 0 Å². The predicted molar refractivity (Wildman–Crippen MR) is 112 cm³/mol. The second-order valence-electron chi connectivity index (χ2n) is 7.28. The molecule has 2 atom stereocenters. The Morgan fingerprint density at radius 2 is 2.10 bits per heavy atom. The molecule has 2 heterocycles. The highest BCUT2D eigenvalue weighted by Crippen LogP contribution is 2.18. The van der Waals surface area contributed by atoms with Crippen LogP contribution in [0.5, 0.6) is 0 Å². The summed E-state index contributed by atoms with van der Waals surface area (Å²) in [5.74, 6) is 1.59. The maximum Gasteiger partial charge on any atom is 0.223 e. The molecule has 29 heavy (non-hydrogen) atoms. The molecule has 0 aliphatic carbocycles. The van der Waals surface area contributed by atoms with Gasteiger partial charge in [-0.05, 0) is 31.0 Å². The lowest BCUT2D eigenvalue weighted by Crippen LogP contribution is -2.40. The van der Waals surface area contributed by atoms with Gasteiger partial charge in [0, 0.05) is 38.5 Å². The molecule has 2 unspecified atom stereocenters. The zero-order valence-electron chi connectivity index (χ0n) is 16.9. The highest BCUT2D eigenvalue weighted by Gasteiger charge is 2.29. The van der Waals surface area contributed by atoms with Crippen molar-refractivity contribution in [3.63, 3.8) is 0 Å². The quantitative estimate of drug-likeness (QED) is 0.444. The van der Waals surface area contributed by atoms with Crippen LogP contribution in [0.3, 0.4) is 0 Å². The first-order valence-corrected chi connectivity index (χ1v) is 10.2. The van der Waals surface area contributed by atoms with Gasteiger partial charge in [0.2, 0.25) is 5.91 Å². The number of carbonyl (C=O) groups excluding carboxylic acids is 1. The molecule has 156 valence electrons. The van der Waals surface area contributed by atoms with Gasteiger partial charge in [-0.3, -0.25) is 9.79 Å². The average molecular weight is 399 g/mol. The van der Waals surface area contributed by atoms with E-state index in [1.165, 1.54) is 11.8 Å². The molecule has 1 saturated heterocycles. The van der Waals surface area contributed by atoms with E-state index in [0.717, 1.165) is 26.1 Å². The topological polar surface area (TPSA) is 90.1 Å². The van der Waals surface area contributed by atoms with Crippen LogP contribution in [0.2, 0.25) is 0 Å². The van der Waals surface area contributed by atoms with E-state index in [-0.39, 0.29) is 18.4 Å². The zero-order valence-corrected chi connectivity index (χ0v) is 16.9. The van der Waals surface area contributed by atoms with Crippen LogP contribution in [-0.4, -0.2) is 54.6 Å². The number of nitrogens with zero attached hydrogens (tertiary/aromatic N) is 2. The van der Waals surface area contributed by atoms with Crippen molar-refractivity contribution in [1.29, 1.82) is 0 Å². The van der Waals surface area contributed by atoms with E-state index in [1.54, 1.807) is 12.1 Å². The molecule has 0 spiro atoms. The molecule has 7 nitrogen and oxygen atoms in total. The molecule has 1 aliphatic heterocycles. The first-order valence-electron chi connectivity index (χ1n) is 10.2. The Kier molecular flexibility index (Phi) is 7.69. The minimum Gasteiger partial charge on any atom is -0.467 e. The summed E-state index contributed by atoms with van der Waals surface area (Å²) < 4.78 is 5.20. The Balaban J connectivity index is 1.45. The molecule has 0 radical (unpaired) electrons. The van der Waals surface area contributed by atoms with Crippen molar-refractivity contribution in [2.24, 2.45) is 10.9 Å². The van der Waals surface area contributed by atoms with Crippen molar-refractivity contribution >= 4 is 11.9 Å². The van der Waals surface area contributed by atoms with E-state index in [2.05, 4.69) is 27.8 Å². The molecule has 1 aromatic carbocycles. The van der Waals surface area contributed by atoms with Gasteiger partial charge in [0.25, 0.3) is 0 Å². The zero-order chi connectivity index (χ0) is 20.5. The number of aliphatic hydroxyl groups excluding tert-OH is 1. The summed E-state index contributed by atoms with van der Waals surface area (Å²) in [6.45, 7) is 5.09. The molecule has 7 heteroatoms. The Bertz CT molecular complexity index is 777. The summed E-state index contributed by atoms with van der Waals surface area (Å²) in [6.07, 6.45) is 2.19. The summed E-state index contributed by atoms with van der Waals surface area (Å²) in [4.78, 5) is 18.7. The monoisotopic (exact) mass is 398 g/mol. The van der Waals surface area contributed by atoms with Gasteiger partial charge in [-0.2, -0.15) is 0 Å². The van der Waals surface area contributed by atoms with Crippen LogP contribution in [0.4, 0.5) is 0 Å². The van der Waals surface area contributed by atoms with Crippen molar-refractivity contribution in [3.05, 3.63) is 60.1 Å². The summed E-state index contributed by atoms with van der Waals surface area (Å²) in [5, 5.41) is 16.6. The third-order valence-electron chi connectivity index (χ3n) is 5.00. The molecule has 3 N–H and O–H groups in total. The van der Waals surface area contributed by atoms with Crippen molar-refractivity contribution in [1.82, 2.24) is 15.5 Å². The van der Waals surface area contributed by atoms with Gasteiger partial charge in [-0.1, -0.05) is 30.3 Å². The van der Waals surface area contributed by atoms with Crippen molar-refractivity contribution in [3.8, 4) is 0 Å². The molecule has 2 aromatic rings. The van der Waals surface area contributed by atoms with E-state index >= 15 is 0 Å². The average Bonchev–Trinajstić information content (AvgIpc) is 3.39. The Morgan fingerprint density at radius 3 is 2.83 bits per heavy atom. The highest BCUT2D eigenvalue weighted by molar-refractivity contribution is 5.81. The summed E-state index contributed by atoms with van der Waals surface area (Å²) in [7, 11) is 0. The summed E-state index contributed by atoms with van der Waals surface area (Å²) in [6, 6.07) is 13.7. The number of nitrogens with one attached hydrogen (secondary N) is 2. The fourth-order valence-electron chi connectivity index (χ4n) is 3.45. The Hall–Kier alpha value is -2.80. The first kappa shape index (κ1) is 20.9. The number of aliphatic imine (C=N–C) groups is 1. The van der Waals surface area contributed by atoms with Crippen LogP contribution >= 0.6 is 0 Å². The van der Waals surface area contributed by atoms with Gasteiger partial charge < -0.3 is 25.1 Å². The maximum absolute atomic E-state index is 12.3. The van der Waals surface area contributed by atoms with Gasteiger partial charge in [-0.25, -0.2) is 0 Å². The van der Waals surface area contributed by atoms with Gasteiger partial charge in [0.15, 0.2) is 5.96 Å². The maximum atomic E-state index is 12.3. The van der Waals surface area contributed by atoms with Crippen LogP contribution in [0.15, 0.2) is 58.1 Å². The number of furan rings is 1. The molecule has 0 saturated carbocycles. The molecular formula is C22H30N4O3. The molecule has 1 fully saturated rings. The van der Waals surface area contributed by atoms with Crippen molar-refractivity contribution in [2.75, 3.05) is 32.7 Å². The number of amides is 1. The van der Waals surface area contributed by atoms with E-state index < -0.39 is 6.10 Å². The second-order valence-corrected chi connectivity index (χ2v) is 7.28. The molecule has 1 aromatic heterocycles. The molecule has 1 amide bonds. The van der Waals surface area contributed by atoms with E-state index in [9.17, 15) is 9.90 Å². The lowest BCUT2D eigenvalue weighted by molar-refractivity contribution is -0.127. The van der Waals surface area contributed by atoms with E-state index in [4.69, 9.17) is 4.42 Å². The molecule has 1 aliphatic rings. The van der Waals surface area contributed by atoms with E-state index in [0.29, 0.717) is 24.7 Å². The van der Waals surface area contributed by atoms with Crippen molar-refractivity contribution < 1.29 is 14.3 Å². The standard InChI is InChI=1S/C22H30N4O3/c1-2-23-22(25-15-19(27)20-9-6-12-29-20)24-14-18-13-21(28)26(16-18)11-10-17-7-4-3-5-8-17/h3-9,12,18-19,27H,2,10-11,13-16H2,1H3,(H2,23,24,25).